The Hall–Kier alpha value is -1.91. The van der Waals surface area contributed by atoms with Crippen molar-refractivity contribution in [1.82, 2.24) is 10.2 Å². The van der Waals surface area contributed by atoms with Crippen molar-refractivity contribution in [2.45, 2.75) is 19.9 Å². The van der Waals surface area contributed by atoms with Crippen molar-refractivity contribution in [2.75, 3.05) is 26.0 Å². The average Bonchev–Trinajstić information content (AvgIpc) is 2.52. The molecule has 122 valence electrons. The molecule has 0 aliphatic rings. The zero-order chi connectivity index (χ0) is 16.8. The number of likely N-dealkylation sites (N-methyl/N-ethyl adjacent to an activating group) is 1. The number of hydrogen-bond acceptors (Lipinski definition) is 2. The van der Waals surface area contributed by atoms with Gasteiger partial charge in [0.05, 0.1) is 6.04 Å². The zero-order valence-corrected chi connectivity index (χ0v) is 15.1. The number of rotatable bonds is 5. The molecule has 0 aliphatic carbocycles. The van der Waals surface area contributed by atoms with Crippen LogP contribution in [0.1, 0.15) is 22.7 Å². The predicted octanol–water partition coefficient (Wildman–Crippen LogP) is 3.89. The molecule has 23 heavy (non-hydrogen) atoms. The van der Waals surface area contributed by atoms with Gasteiger partial charge in [-0.2, -0.15) is 0 Å². The van der Waals surface area contributed by atoms with E-state index in [1.807, 2.05) is 6.07 Å². The number of para-hydroxylation sites is 1. The van der Waals surface area contributed by atoms with E-state index in [1.165, 1.54) is 16.7 Å². The Balaban J connectivity index is 2.00. The maximum absolute atomic E-state index is 5.47. The van der Waals surface area contributed by atoms with E-state index in [1.54, 1.807) is 0 Å². The molecule has 0 spiro atoms. The van der Waals surface area contributed by atoms with Gasteiger partial charge in [-0.05, 0) is 56.9 Å². The summed E-state index contributed by atoms with van der Waals surface area (Å²) >= 11 is 5.47. The largest absolute Gasteiger partial charge is 0.361 e. The molecular weight excluding hydrogens is 302 g/mol. The molecule has 2 N–H and O–H groups in total. The van der Waals surface area contributed by atoms with Crippen LogP contribution in [0, 0.1) is 13.8 Å². The van der Waals surface area contributed by atoms with E-state index in [-0.39, 0.29) is 6.04 Å². The van der Waals surface area contributed by atoms with E-state index >= 15 is 0 Å². The molecule has 2 aromatic rings. The zero-order valence-electron chi connectivity index (χ0n) is 14.3. The van der Waals surface area contributed by atoms with Crippen LogP contribution in [0.25, 0.3) is 0 Å². The summed E-state index contributed by atoms with van der Waals surface area (Å²) in [5.74, 6) is 0. The van der Waals surface area contributed by atoms with Crippen molar-refractivity contribution < 1.29 is 0 Å². The molecule has 1 unspecified atom stereocenters. The number of hydrogen-bond donors (Lipinski definition) is 2. The van der Waals surface area contributed by atoms with Crippen LogP contribution in [-0.2, 0) is 0 Å². The standard InChI is InChI=1S/C19H25N3S/c1-14-9-8-10-15(2)18(14)21-19(23)20-13-17(22(3)4)16-11-6-5-7-12-16/h5-12,17H,13H2,1-4H3,(H2,20,21,23). The average molecular weight is 327 g/mol. The Morgan fingerprint density at radius 3 is 2.17 bits per heavy atom. The normalized spacial score (nSPS) is 12.0. The van der Waals surface area contributed by atoms with Crippen LogP contribution < -0.4 is 10.6 Å². The van der Waals surface area contributed by atoms with Crippen molar-refractivity contribution in [3.8, 4) is 0 Å². The molecule has 4 heteroatoms. The van der Waals surface area contributed by atoms with Gasteiger partial charge >= 0.3 is 0 Å². The molecule has 0 bridgehead atoms. The van der Waals surface area contributed by atoms with E-state index in [4.69, 9.17) is 12.2 Å². The lowest BCUT2D eigenvalue weighted by Gasteiger charge is -2.26. The number of aryl methyl sites for hydroxylation is 2. The highest BCUT2D eigenvalue weighted by atomic mass is 32.1. The van der Waals surface area contributed by atoms with Crippen LogP contribution in [0.5, 0.6) is 0 Å². The molecule has 0 aliphatic heterocycles. The highest BCUT2D eigenvalue weighted by Crippen LogP contribution is 2.20. The smallest absolute Gasteiger partial charge is 0.170 e. The van der Waals surface area contributed by atoms with Crippen LogP contribution >= 0.6 is 12.2 Å². The fourth-order valence-corrected chi connectivity index (χ4v) is 2.82. The first-order valence-corrected chi connectivity index (χ1v) is 8.22. The summed E-state index contributed by atoms with van der Waals surface area (Å²) in [6, 6.07) is 17.0. The van der Waals surface area contributed by atoms with E-state index in [2.05, 4.69) is 85.9 Å². The molecule has 0 amide bonds. The Bertz CT molecular complexity index is 633. The van der Waals surface area contributed by atoms with Crippen LogP contribution in [0.15, 0.2) is 48.5 Å². The third-order valence-corrected chi connectivity index (χ3v) is 4.23. The van der Waals surface area contributed by atoms with Crippen molar-refractivity contribution in [3.05, 3.63) is 65.2 Å². The Labute approximate surface area is 144 Å². The lowest BCUT2D eigenvalue weighted by molar-refractivity contribution is 0.299. The van der Waals surface area contributed by atoms with E-state index in [0.717, 1.165) is 12.2 Å². The van der Waals surface area contributed by atoms with Gasteiger partial charge in [0, 0.05) is 12.2 Å². The molecule has 0 aromatic heterocycles. The van der Waals surface area contributed by atoms with Gasteiger partial charge in [-0.15, -0.1) is 0 Å². The fraction of sp³-hybridized carbons (Fsp3) is 0.316. The predicted molar refractivity (Wildman–Crippen MR) is 103 cm³/mol. The van der Waals surface area contributed by atoms with Crippen LogP contribution in [0.3, 0.4) is 0 Å². The van der Waals surface area contributed by atoms with Gasteiger partial charge in [0.25, 0.3) is 0 Å². The molecule has 2 aromatic carbocycles. The number of thiocarbonyl (C=S) groups is 1. The maximum Gasteiger partial charge on any atom is 0.170 e. The summed E-state index contributed by atoms with van der Waals surface area (Å²) in [6.45, 7) is 4.93. The minimum Gasteiger partial charge on any atom is -0.361 e. The molecule has 1 atom stereocenters. The highest BCUT2D eigenvalue weighted by molar-refractivity contribution is 7.80. The van der Waals surface area contributed by atoms with Crippen LogP contribution in [-0.4, -0.2) is 30.7 Å². The molecular formula is C19H25N3S. The van der Waals surface area contributed by atoms with Gasteiger partial charge in [0.15, 0.2) is 5.11 Å². The number of nitrogens with zero attached hydrogens (tertiary/aromatic N) is 1. The molecule has 0 heterocycles. The first kappa shape index (κ1) is 17.4. The first-order valence-electron chi connectivity index (χ1n) is 7.81. The monoisotopic (exact) mass is 327 g/mol. The van der Waals surface area contributed by atoms with Gasteiger partial charge in [-0.3, -0.25) is 0 Å². The van der Waals surface area contributed by atoms with E-state index in [9.17, 15) is 0 Å². The Morgan fingerprint density at radius 2 is 1.61 bits per heavy atom. The number of nitrogens with one attached hydrogen (secondary N) is 2. The van der Waals surface area contributed by atoms with Crippen molar-refractivity contribution >= 4 is 23.0 Å². The van der Waals surface area contributed by atoms with Crippen LogP contribution in [0.2, 0.25) is 0 Å². The summed E-state index contributed by atoms with van der Waals surface area (Å²) in [4.78, 5) is 2.20. The summed E-state index contributed by atoms with van der Waals surface area (Å²) in [5.41, 5.74) is 4.76. The molecule has 2 rings (SSSR count). The molecule has 0 fully saturated rings. The molecule has 0 saturated heterocycles. The topological polar surface area (TPSA) is 27.3 Å². The second-order valence-corrected chi connectivity index (χ2v) is 6.40. The second-order valence-electron chi connectivity index (χ2n) is 5.99. The van der Waals surface area contributed by atoms with Crippen molar-refractivity contribution in [2.24, 2.45) is 0 Å². The molecule has 0 radical (unpaired) electrons. The highest BCUT2D eigenvalue weighted by Gasteiger charge is 2.14. The van der Waals surface area contributed by atoms with Gasteiger partial charge in [-0.1, -0.05) is 48.5 Å². The van der Waals surface area contributed by atoms with E-state index < -0.39 is 0 Å². The minimum atomic E-state index is 0.272. The third kappa shape index (κ3) is 4.78. The summed E-state index contributed by atoms with van der Waals surface area (Å²) < 4.78 is 0. The van der Waals surface area contributed by atoms with Crippen molar-refractivity contribution in [3.63, 3.8) is 0 Å². The minimum absolute atomic E-state index is 0.272. The van der Waals surface area contributed by atoms with Gasteiger partial charge in [0.1, 0.15) is 0 Å². The molecule has 3 nitrogen and oxygen atoms in total. The fourth-order valence-electron chi connectivity index (χ4n) is 2.63. The lowest BCUT2D eigenvalue weighted by atomic mass is 10.1. The van der Waals surface area contributed by atoms with Crippen LogP contribution in [0.4, 0.5) is 5.69 Å². The summed E-state index contributed by atoms with van der Waals surface area (Å²) in [5, 5.41) is 7.33. The molecule has 0 saturated carbocycles. The Morgan fingerprint density at radius 1 is 1.00 bits per heavy atom. The first-order chi connectivity index (χ1) is 11.0. The summed E-state index contributed by atoms with van der Waals surface area (Å²) in [7, 11) is 4.17. The van der Waals surface area contributed by atoms with Gasteiger partial charge in [-0.25, -0.2) is 0 Å². The quantitative estimate of drug-likeness (QED) is 0.815. The van der Waals surface area contributed by atoms with Gasteiger partial charge < -0.3 is 15.5 Å². The van der Waals surface area contributed by atoms with E-state index in [0.29, 0.717) is 5.11 Å². The van der Waals surface area contributed by atoms with Gasteiger partial charge in [0.2, 0.25) is 0 Å². The maximum atomic E-state index is 5.47. The summed E-state index contributed by atoms with van der Waals surface area (Å²) in [6.07, 6.45) is 0. The SMILES string of the molecule is Cc1cccc(C)c1NC(=S)NCC(c1ccccc1)N(C)C. The number of benzene rings is 2. The lowest BCUT2D eigenvalue weighted by Crippen LogP contribution is -2.37. The Kier molecular flexibility index (Phi) is 6.13. The number of anilines is 1. The van der Waals surface area contributed by atoms with Crippen molar-refractivity contribution in [1.29, 1.82) is 0 Å². The second kappa shape index (κ2) is 8.09. The third-order valence-electron chi connectivity index (χ3n) is 3.98.